The molecule has 1 heterocycles. The van der Waals surface area contributed by atoms with Crippen LogP contribution in [-0.2, 0) is 4.74 Å². The Hall–Kier alpha value is -0.630. The highest BCUT2D eigenvalue weighted by Crippen LogP contribution is 2.34. The molecule has 1 saturated carbocycles. The maximum absolute atomic E-state index is 9.73. The van der Waals surface area contributed by atoms with Crippen LogP contribution in [0, 0.1) is 11.3 Å². The largest absolute Gasteiger partial charge is 0.376 e. The van der Waals surface area contributed by atoms with Gasteiger partial charge in [-0.1, -0.05) is 6.92 Å². The van der Waals surface area contributed by atoms with Gasteiger partial charge in [-0.25, -0.2) is 0 Å². The second kappa shape index (κ2) is 7.09. The summed E-state index contributed by atoms with van der Waals surface area (Å²) < 4.78 is 5.82. The van der Waals surface area contributed by atoms with Gasteiger partial charge in [0.25, 0.3) is 0 Å². The van der Waals surface area contributed by atoms with Crippen molar-refractivity contribution in [2.75, 3.05) is 13.2 Å². The number of ether oxygens (including phenoxy) is 1. The molecule has 1 saturated heterocycles. The fourth-order valence-electron chi connectivity index (χ4n) is 4.02. The smallest absolute Gasteiger partial charge is 0.108 e. The van der Waals surface area contributed by atoms with E-state index >= 15 is 0 Å². The normalized spacial score (nSPS) is 38.4. The molecule has 2 rings (SSSR count). The first-order valence-electron chi connectivity index (χ1n) is 8.56. The third-order valence-electron chi connectivity index (χ3n) is 4.95. The Morgan fingerprint density at radius 3 is 2.86 bits per heavy atom. The van der Waals surface area contributed by atoms with Gasteiger partial charge in [-0.2, -0.15) is 5.26 Å². The number of hydrogen-bond acceptors (Lipinski definition) is 4. The van der Waals surface area contributed by atoms with Gasteiger partial charge in [0.05, 0.1) is 18.8 Å². The third-order valence-corrected chi connectivity index (χ3v) is 4.95. The molecule has 1 aliphatic carbocycles. The average Bonchev–Trinajstić information content (AvgIpc) is 2.46. The van der Waals surface area contributed by atoms with Gasteiger partial charge in [-0.3, -0.25) is 10.2 Å². The molecule has 0 aromatic rings. The quantitative estimate of drug-likeness (QED) is 0.866. The van der Waals surface area contributed by atoms with Crippen molar-refractivity contribution >= 4 is 0 Å². The van der Waals surface area contributed by atoms with Gasteiger partial charge >= 0.3 is 0 Å². The van der Waals surface area contributed by atoms with E-state index in [0.29, 0.717) is 24.2 Å². The minimum Gasteiger partial charge on any atom is -0.376 e. The Bertz CT molecular complexity index is 379. The van der Waals surface area contributed by atoms with Crippen LogP contribution >= 0.6 is 0 Å². The number of nitrogens with zero attached hydrogens (tertiary/aromatic N) is 2. The second-order valence-corrected chi connectivity index (χ2v) is 7.15. The highest BCUT2D eigenvalue weighted by atomic mass is 16.5. The maximum Gasteiger partial charge on any atom is 0.108 e. The van der Waals surface area contributed by atoms with Crippen molar-refractivity contribution in [1.29, 1.82) is 5.26 Å². The Morgan fingerprint density at radius 1 is 1.48 bits per heavy atom. The first-order valence-corrected chi connectivity index (χ1v) is 8.56. The van der Waals surface area contributed by atoms with Crippen molar-refractivity contribution < 1.29 is 4.74 Å². The van der Waals surface area contributed by atoms with E-state index < -0.39 is 0 Å². The van der Waals surface area contributed by atoms with Gasteiger partial charge in [0.2, 0.25) is 0 Å². The lowest BCUT2D eigenvalue weighted by molar-refractivity contribution is -0.0812. The van der Waals surface area contributed by atoms with Crippen LogP contribution in [0.5, 0.6) is 0 Å². The van der Waals surface area contributed by atoms with Crippen LogP contribution in [-0.4, -0.2) is 47.8 Å². The lowest BCUT2D eigenvalue weighted by atomic mass is 9.78. The fourth-order valence-corrected chi connectivity index (χ4v) is 4.02. The molecule has 1 N–H and O–H groups in total. The highest BCUT2D eigenvalue weighted by Gasteiger charge is 2.41. The van der Waals surface area contributed by atoms with Crippen LogP contribution in [0.15, 0.2) is 0 Å². The van der Waals surface area contributed by atoms with Gasteiger partial charge in [0, 0.05) is 24.7 Å². The standard InChI is InChI=1S/C17H31N3O/c1-5-15-11-21-14(4)10-20(15)16-7-6-8-17(9-16,12-18)19-13(2)3/h13-16,19H,5-11H2,1-4H3. The van der Waals surface area contributed by atoms with E-state index in [1.54, 1.807) is 0 Å². The first kappa shape index (κ1) is 16.7. The number of nitriles is 1. The molecule has 0 spiro atoms. The second-order valence-electron chi connectivity index (χ2n) is 7.15. The SMILES string of the molecule is CCC1COC(C)CN1C1CCCC(C#N)(NC(C)C)C1. The fraction of sp³-hybridized carbons (Fsp3) is 0.941. The van der Waals surface area contributed by atoms with Crippen molar-refractivity contribution in [1.82, 2.24) is 10.2 Å². The number of hydrogen-bond donors (Lipinski definition) is 1. The van der Waals surface area contributed by atoms with E-state index in [9.17, 15) is 5.26 Å². The monoisotopic (exact) mass is 293 g/mol. The molecule has 0 amide bonds. The maximum atomic E-state index is 9.73. The number of nitrogens with one attached hydrogen (secondary N) is 1. The summed E-state index contributed by atoms with van der Waals surface area (Å²) in [6.45, 7) is 10.5. The summed E-state index contributed by atoms with van der Waals surface area (Å²) in [6, 6.07) is 3.98. The van der Waals surface area contributed by atoms with Crippen LogP contribution in [0.1, 0.15) is 59.8 Å². The summed E-state index contributed by atoms with van der Waals surface area (Å²) in [7, 11) is 0. The van der Waals surface area contributed by atoms with E-state index in [1.807, 2.05) is 0 Å². The van der Waals surface area contributed by atoms with E-state index in [-0.39, 0.29) is 5.54 Å². The Balaban J connectivity index is 2.10. The molecule has 0 bridgehead atoms. The molecule has 4 atom stereocenters. The van der Waals surface area contributed by atoms with Gasteiger partial charge in [-0.15, -0.1) is 0 Å². The van der Waals surface area contributed by atoms with E-state index in [4.69, 9.17) is 4.74 Å². The molecule has 4 unspecified atom stereocenters. The lowest BCUT2D eigenvalue weighted by Gasteiger charge is -2.48. The zero-order valence-electron chi connectivity index (χ0n) is 14.1. The lowest BCUT2D eigenvalue weighted by Crippen LogP contribution is -2.59. The molecule has 0 aromatic heterocycles. The van der Waals surface area contributed by atoms with Crippen LogP contribution in [0.4, 0.5) is 0 Å². The van der Waals surface area contributed by atoms with Crippen molar-refractivity contribution in [2.45, 2.75) is 89.6 Å². The zero-order chi connectivity index (χ0) is 15.5. The summed E-state index contributed by atoms with van der Waals surface area (Å²) in [4.78, 5) is 2.63. The molecule has 0 radical (unpaired) electrons. The van der Waals surface area contributed by atoms with Crippen molar-refractivity contribution in [2.24, 2.45) is 0 Å². The van der Waals surface area contributed by atoms with Gasteiger partial charge in [0.1, 0.15) is 5.54 Å². The molecule has 120 valence electrons. The Morgan fingerprint density at radius 2 is 2.24 bits per heavy atom. The molecule has 2 fully saturated rings. The van der Waals surface area contributed by atoms with Crippen molar-refractivity contribution in [3.05, 3.63) is 0 Å². The average molecular weight is 293 g/mol. The molecule has 4 heteroatoms. The number of rotatable bonds is 4. The summed E-state index contributed by atoms with van der Waals surface area (Å²) in [5.74, 6) is 0. The molecule has 4 nitrogen and oxygen atoms in total. The molecular weight excluding hydrogens is 262 g/mol. The van der Waals surface area contributed by atoms with Crippen LogP contribution in [0.3, 0.4) is 0 Å². The number of morpholine rings is 1. The summed E-state index contributed by atoms with van der Waals surface area (Å²) in [6.07, 6.45) is 5.72. The zero-order valence-corrected chi connectivity index (χ0v) is 14.1. The molecular formula is C17H31N3O. The summed E-state index contributed by atoms with van der Waals surface area (Å²) >= 11 is 0. The van der Waals surface area contributed by atoms with Crippen LogP contribution in [0.2, 0.25) is 0 Å². The van der Waals surface area contributed by atoms with Gasteiger partial charge < -0.3 is 4.74 Å². The van der Waals surface area contributed by atoms with Gasteiger partial charge in [-0.05, 0) is 52.9 Å². The van der Waals surface area contributed by atoms with Crippen LogP contribution in [0.25, 0.3) is 0 Å². The molecule has 1 aliphatic heterocycles. The molecule has 2 aliphatic rings. The predicted octanol–water partition coefficient (Wildman–Crippen LogP) is 2.69. The highest BCUT2D eigenvalue weighted by molar-refractivity contribution is 5.12. The summed E-state index contributed by atoms with van der Waals surface area (Å²) in [5, 5.41) is 13.3. The van der Waals surface area contributed by atoms with Gasteiger partial charge in [0.15, 0.2) is 0 Å². The Kier molecular flexibility index (Phi) is 5.65. The first-order chi connectivity index (χ1) is 9.99. The van der Waals surface area contributed by atoms with Crippen molar-refractivity contribution in [3.63, 3.8) is 0 Å². The Labute approximate surface area is 129 Å². The minimum atomic E-state index is -0.336. The van der Waals surface area contributed by atoms with E-state index in [1.165, 1.54) is 6.42 Å². The molecule has 0 aromatic carbocycles. The van der Waals surface area contributed by atoms with Crippen molar-refractivity contribution in [3.8, 4) is 6.07 Å². The van der Waals surface area contributed by atoms with E-state index in [2.05, 4.69) is 44.0 Å². The minimum absolute atomic E-state index is 0.310. The topological polar surface area (TPSA) is 48.3 Å². The summed E-state index contributed by atoms with van der Waals surface area (Å²) in [5.41, 5.74) is -0.336. The van der Waals surface area contributed by atoms with E-state index in [0.717, 1.165) is 38.8 Å². The predicted molar refractivity (Wildman–Crippen MR) is 85.1 cm³/mol. The van der Waals surface area contributed by atoms with Crippen LogP contribution < -0.4 is 5.32 Å². The third kappa shape index (κ3) is 3.97. The molecule has 21 heavy (non-hydrogen) atoms.